The van der Waals surface area contributed by atoms with Crippen LogP contribution in [0.1, 0.15) is 35.6 Å². The van der Waals surface area contributed by atoms with Crippen LogP contribution >= 0.6 is 0 Å². The topological polar surface area (TPSA) is 148 Å². The number of nitrogens with zero attached hydrogens (tertiary/aromatic N) is 5. The average Bonchev–Trinajstić information content (AvgIpc) is 3.34. The molecule has 3 aromatic heterocycles. The first-order chi connectivity index (χ1) is 14.1. The molecule has 10 nitrogen and oxygen atoms in total. The maximum absolute atomic E-state index is 12.8. The molecule has 4 N–H and O–H groups in total. The summed E-state index contributed by atoms with van der Waals surface area (Å²) in [7, 11) is 0. The third-order valence-electron chi connectivity index (χ3n) is 4.46. The summed E-state index contributed by atoms with van der Waals surface area (Å²) in [6, 6.07) is 7.64. The molecule has 10 heteroatoms. The molecule has 0 fully saturated rings. The lowest BCUT2D eigenvalue weighted by Crippen LogP contribution is -2.27. The second kappa shape index (κ2) is 7.55. The molecule has 0 saturated carbocycles. The first-order valence-corrected chi connectivity index (χ1v) is 9.18. The van der Waals surface area contributed by atoms with Gasteiger partial charge in [-0.1, -0.05) is 0 Å². The monoisotopic (exact) mass is 389 g/mol. The fourth-order valence-corrected chi connectivity index (χ4v) is 3.18. The van der Waals surface area contributed by atoms with Crippen LogP contribution in [0.3, 0.4) is 0 Å². The summed E-state index contributed by atoms with van der Waals surface area (Å²) < 4.78 is 0. The Balaban J connectivity index is 1.71. The number of benzene rings is 1. The quantitative estimate of drug-likeness (QED) is 0.393. The summed E-state index contributed by atoms with van der Waals surface area (Å²) in [6.07, 6.45) is 2.06. The van der Waals surface area contributed by atoms with E-state index in [1.807, 2.05) is 19.9 Å². The molecule has 0 atom stereocenters. The summed E-state index contributed by atoms with van der Waals surface area (Å²) >= 11 is 0. The number of rotatable bonds is 6. The molecule has 146 valence electrons. The number of hydrogen-bond donors (Lipinski definition) is 4. The van der Waals surface area contributed by atoms with Crippen molar-refractivity contribution in [2.24, 2.45) is 0 Å². The average molecular weight is 389 g/mol. The van der Waals surface area contributed by atoms with Crippen molar-refractivity contribution in [2.45, 2.75) is 26.3 Å². The van der Waals surface area contributed by atoms with E-state index in [1.165, 1.54) is 0 Å². The Hall–Kier alpha value is -4.00. The Morgan fingerprint density at radius 1 is 1.34 bits per heavy atom. The van der Waals surface area contributed by atoms with Gasteiger partial charge in [0.05, 0.1) is 33.9 Å². The van der Waals surface area contributed by atoms with Gasteiger partial charge < -0.3 is 15.6 Å². The van der Waals surface area contributed by atoms with Crippen LogP contribution in [-0.2, 0) is 6.42 Å². The number of pyridine rings is 1. The van der Waals surface area contributed by atoms with E-state index in [4.69, 9.17) is 5.26 Å². The number of nitrogens with one attached hydrogen (secondary N) is 4. The fourth-order valence-electron chi connectivity index (χ4n) is 3.18. The van der Waals surface area contributed by atoms with Crippen LogP contribution in [0.25, 0.3) is 21.9 Å². The van der Waals surface area contributed by atoms with E-state index >= 15 is 0 Å². The van der Waals surface area contributed by atoms with Gasteiger partial charge in [0.25, 0.3) is 5.91 Å². The van der Waals surface area contributed by atoms with Crippen LogP contribution in [0.4, 0.5) is 5.69 Å². The number of H-pyrrole nitrogens is 2. The highest BCUT2D eigenvalue weighted by Crippen LogP contribution is 2.32. The van der Waals surface area contributed by atoms with Crippen molar-refractivity contribution in [1.29, 1.82) is 5.26 Å². The van der Waals surface area contributed by atoms with Gasteiger partial charge in [0.2, 0.25) is 0 Å². The van der Waals surface area contributed by atoms with Gasteiger partial charge in [0.15, 0.2) is 0 Å². The summed E-state index contributed by atoms with van der Waals surface area (Å²) in [4.78, 5) is 20.7. The van der Waals surface area contributed by atoms with Gasteiger partial charge >= 0.3 is 0 Å². The summed E-state index contributed by atoms with van der Waals surface area (Å²) in [5.41, 5.74) is 3.95. The zero-order valence-electron chi connectivity index (χ0n) is 15.9. The van der Waals surface area contributed by atoms with Gasteiger partial charge in [0, 0.05) is 36.1 Å². The Labute approximate surface area is 165 Å². The smallest absolute Gasteiger partial charge is 0.255 e. The number of carbonyl (C=O) groups is 1. The highest BCUT2D eigenvalue weighted by Gasteiger charge is 2.19. The molecular weight excluding hydrogens is 370 g/mol. The number of aromatic amines is 2. The Bertz CT molecular complexity index is 1220. The van der Waals surface area contributed by atoms with Crippen LogP contribution in [-0.4, -0.2) is 49.1 Å². The van der Waals surface area contributed by atoms with Crippen LogP contribution in [0.5, 0.6) is 0 Å². The standard InChI is InChI=1S/C19H19N9O/c1-10(2)23-17-13(19(29)21-6-5-15-25-27-28-26-15)9-22-16-12-4-3-11(8-20)7-14(12)24-18(16)17/h3-4,7,9-10,24H,5-6H2,1-2H3,(H,21,29)(H,22,23)(H,25,26,27,28). The lowest BCUT2D eigenvalue weighted by atomic mass is 10.1. The molecule has 4 rings (SSSR count). The molecular formula is C19H19N9O. The van der Waals surface area contributed by atoms with E-state index in [1.54, 1.807) is 18.3 Å². The van der Waals surface area contributed by atoms with Gasteiger partial charge in [0.1, 0.15) is 5.82 Å². The summed E-state index contributed by atoms with van der Waals surface area (Å²) in [5.74, 6) is 0.356. The van der Waals surface area contributed by atoms with E-state index in [2.05, 4.69) is 47.3 Å². The largest absolute Gasteiger partial charge is 0.380 e. The van der Waals surface area contributed by atoms with Crippen molar-refractivity contribution in [2.75, 3.05) is 11.9 Å². The van der Waals surface area contributed by atoms with E-state index in [0.717, 1.165) is 21.9 Å². The second-order valence-corrected chi connectivity index (χ2v) is 6.92. The zero-order valence-corrected chi connectivity index (χ0v) is 15.9. The highest BCUT2D eigenvalue weighted by molar-refractivity contribution is 6.13. The molecule has 1 aromatic carbocycles. The van der Waals surface area contributed by atoms with Gasteiger partial charge in [-0.05, 0) is 42.5 Å². The number of amides is 1. The SMILES string of the molecule is CC(C)Nc1c(C(=O)NCCc2nnn[nH]2)cnc2c1[nH]c1cc(C#N)ccc12. The van der Waals surface area contributed by atoms with Crippen LogP contribution in [0.2, 0.25) is 0 Å². The Morgan fingerprint density at radius 3 is 2.93 bits per heavy atom. The Kier molecular flexibility index (Phi) is 4.78. The maximum Gasteiger partial charge on any atom is 0.255 e. The van der Waals surface area contributed by atoms with Crippen molar-refractivity contribution in [1.82, 2.24) is 35.9 Å². The lowest BCUT2D eigenvalue weighted by molar-refractivity contribution is 0.0954. The molecule has 4 aromatic rings. The normalized spacial score (nSPS) is 11.1. The first kappa shape index (κ1) is 18.4. The summed E-state index contributed by atoms with van der Waals surface area (Å²) in [5, 5.41) is 29.8. The minimum Gasteiger partial charge on any atom is -0.380 e. The molecule has 0 aliphatic carbocycles. The zero-order chi connectivity index (χ0) is 20.4. The molecule has 0 aliphatic rings. The molecule has 3 heterocycles. The third-order valence-corrected chi connectivity index (χ3v) is 4.46. The van der Waals surface area contributed by atoms with Crippen molar-refractivity contribution >= 4 is 33.5 Å². The van der Waals surface area contributed by atoms with Gasteiger partial charge in [-0.2, -0.15) is 5.26 Å². The number of fused-ring (bicyclic) bond motifs is 3. The second-order valence-electron chi connectivity index (χ2n) is 6.92. The van der Waals surface area contributed by atoms with Crippen molar-refractivity contribution in [3.05, 3.63) is 41.3 Å². The van der Waals surface area contributed by atoms with Crippen LogP contribution in [0, 0.1) is 11.3 Å². The molecule has 0 spiro atoms. The molecule has 0 radical (unpaired) electrons. The van der Waals surface area contributed by atoms with Crippen molar-refractivity contribution < 1.29 is 4.79 Å². The molecule has 1 amide bonds. The van der Waals surface area contributed by atoms with E-state index in [-0.39, 0.29) is 11.9 Å². The predicted molar refractivity (Wildman–Crippen MR) is 107 cm³/mol. The van der Waals surface area contributed by atoms with Gasteiger partial charge in [-0.3, -0.25) is 9.78 Å². The van der Waals surface area contributed by atoms with Gasteiger partial charge in [-0.25, -0.2) is 5.10 Å². The number of nitriles is 1. The lowest BCUT2D eigenvalue weighted by Gasteiger charge is -2.15. The number of carbonyl (C=O) groups excluding carboxylic acids is 1. The van der Waals surface area contributed by atoms with E-state index in [9.17, 15) is 4.79 Å². The third kappa shape index (κ3) is 3.58. The van der Waals surface area contributed by atoms with Gasteiger partial charge in [-0.15, -0.1) is 5.10 Å². The predicted octanol–water partition coefficient (Wildman–Crippen LogP) is 1.89. The first-order valence-electron chi connectivity index (χ1n) is 9.18. The van der Waals surface area contributed by atoms with Crippen molar-refractivity contribution in [3.63, 3.8) is 0 Å². The molecule has 0 saturated heterocycles. The molecule has 0 bridgehead atoms. The maximum atomic E-state index is 12.8. The van der Waals surface area contributed by atoms with E-state index in [0.29, 0.717) is 35.6 Å². The number of anilines is 1. The number of aromatic nitrogens is 6. The molecule has 0 aliphatic heterocycles. The number of tetrazole rings is 1. The Morgan fingerprint density at radius 2 is 2.21 bits per heavy atom. The number of hydrogen-bond acceptors (Lipinski definition) is 7. The fraction of sp³-hybridized carbons (Fsp3) is 0.263. The highest BCUT2D eigenvalue weighted by atomic mass is 16.1. The molecule has 29 heavy (non-hydrogen) atoms. The minimum absolute atomic E-state index is 0.105. The van der Waals surface area contributed by atoms with Crippen LogP contribution in [0.15, 0.2) is 24.4 Å². The molecule has 0 unspecified atom stereocenters. The van der Waals surface area contributed by atoms with Crippen LogP contribution < -0.4 is 10.6 Å². The van der Waals surface area contributed by atoms with E-state index < -0.39 is 0 Å². The minimum atomic E-state index is -0.244. The van der Waals surface area contributed by atoms with Crippen molar-refractivity contribution in [3.8, 4) is 6.07 Å². The summed E-state index contributed by atoms with van der Waals surface area (Å²) in [6.45, 7) is 4.38.